The molecule has 1 saturated heterocycles. The van der Waals surface area contributed by atoms with Crippen molar-refractivity contribution >= 4 is 5.91 Å². The van der Waals surface area contributed by atoms with Gasteiger partial charge >= 0.3 is 0 Å². The Morgan fingerprint density at radius 3 is 2.89 bits per heavy atom. The lowest BCUT2D eigenvalue weighted by molar-refractivity contribution is -0.0605. The van der Waals surface area contributed by atoms with Gasteiger partial charge in [-0.15, -0.1) is 0 Å². The highest BCUT2D eigenvalue weighted by molar-refractivity contribution is 5.94. The number of aryl methyl sites for hydroxylation is 1. The standard InChI is InChI=1S/C13H18N2O3/c1-10-6-11(8-14-7-10)12(16)15-9-13(17)2-4-18-5-3-13/h6-8,17H,2-5,9H2,1H3,(H,15,16). The number of nitrogens with zero attached hydrogens (tertiary/aromatic N) is 1. The number of hydrogen-bond donors (Lipinski definition) is 2. The first-order valence-corrected chi connectivity index (χ1v) is 6.09. The van der Waals surface area contributed by atoms with Crippen LogP contribution in [0.3, 0.4) is 0 Å². The van der Waals surface area contributed by atoms with Crippen molar-refractivity contribution < 1.29 is 14.6 Å². The van der Waals surface area contributed by atoms with Gasteiger partial charge in [-0.05, 0) is 18.6 Å². The van der Waals surface area contributed by atoms with Crippen molar-refractivity contribution in [3.8, 4) is 0 Å². The van der Waals surface area contributed by atoms with Crippen LogP contribution in [-0.4, -0.2) is 41.4 Å². The highest BCUT2D eigenvalue weighted by Gasteiger charge is 2.30. The summed E-state index contributed by atoms with van der Waals surface area (Å²) in [4.78, 5) is 15.9. The van der Waals surface area contributed by atoms with E-state index in [4.69, 9.17) is 4.74 Å². The molecule has 0 bridgehead atoms. The predicted molar refractivity (Wildman–Crippen MR) is 66.3 cm³/mol. The second-order valence-corrected chi connectivity index (χ2v) is 4.77. The first-order valence-electron chi connectivity index (χ1n) is 6.09. The molecule has 0 spiro atoms. The third kappa shape index (κ3) is 3.27. The van der Waals surface area contributed by atoms with E-state index in [1.54, 1.807) is 12.3 Å². The van der Waals surface area contributed by atoms with E-state index in [-0.39, 0.29) is 12.5 Å². The van der Waals surface area contributed by atoms with Gasteiger partial charge in [-0.3, -0.25) is 9.78 Å². The molecule has 0 radical (unpaired) electrons. The first kappa shape index (κ1) is 13.0. The minimum atomic E-state index is -0.842. The van der Waals surface area contributed by atoms with Crippen LogP contribution in [-0.2, 0) is 4.74 Å². The van der Waals surface area contributed by atoms with Crippen LogP contribution in [0.5, 0.6) is 0 Å². The maximum atomic E-state index is 11.9. The van der Waals surface area contributed by atoms with Crippen LogP contribution in [0.1, 0.15) is 28.8 Å². The highest BCUT2D eigenvalue weighted by Crippen LogP contribution is 2.19. The van der Waals surface area contributed by atoms with Gasteiger partial charge in [0.15, 0.2) is 0 Å². The van der Waals surface area contributed by atoms with Gasteiger partial charge in [0.05, 0.1) is 11.2 Å². The molecule has 1 amide bonds. The quantitative estimate of drug-likeness (QED) is 0.826. The number of rotatable bonds is 3. The molecule has 1 aromatic heterocycles. The second-order valence-electron chi connectivity index (χ2n) is 4.77. The summed E-state index contributed by atoms with van der Waals surface area (Å²) in [5.41, 5.74) is 0.614. The van der Waals surface area contributed by atoms with Crippen molar-refractivity contribution in [3.05, 3.63) is 29.6 Å². The number of carbonyl (C=O) groups excluding carboxylic acids is 1. The third-order valence-electron chi connectivity index (χ3n) is 3.14. The van der Waals surface area contributed by atoms with Crippen LogP contribution in [0.2, 0.25) is 0 Å². The molecule has 2 heterocycles. The minimum absolute atomic E-state index is 0.203. The fraction of sp³-hybridized carbons (Fsp3) is 0.538. The van der Waals surface area contributed by atoms with Gasteiger partial charge in [0.1, 0.15) is 0 Å². The summed E-state index contributed by atoms with van der Waals surface area (Å²) < 4.78 is 5.19. The van der Waals surface area contributed by atoms with E-state index in [0.29, 0.717) is 31.6 Å². The van der Waals surface area contributed by atoms with Gasteiger partial charge in [0.25, 0.3) is 5.91 Å². The molecule has 0 aliphatic carbocycles. The second kappa shape index (κ2) is 5.46. The zero-order valence-corrected chi connectivity index (χ0v) is 10.5. The SMILES string of the molecule is Cc1cncc(C(=O)NCC2(O)CCOCC2)c1. The lowest BCUT2D eigenvalue weighted by Gasteiger charge is -2.32. The molecule has 0 aromatic carbocycles. The summed E-state index contributed by atoms with van der Waals surface area (Å²) in [5, 5.41) is 13.0. The summed E-state index contributed by atoms with van der Waals surface area (Å²) >= 11 is 0. The van der Waals surface area contributed by atoms with Gasteiger partial charge in [-0.25, -0.2) is 0 Å². The number of aromatic nitrogens is 1. The molecule has 5 nitrogen and oxygen atoms in total. The molecule has 18 heavy (non-hydrogen) atoms. The number of pyridine rings is 1. The largest absolute Gasteiger partial charge is 0.388 e. The fourth-order valence-corrected chi connectivity index (χ4v) is 1.95. The zero-order chi connectivity index (χ0) is 13.0. The molecule has 0 unspecified atom stereocenters. The molecule has 1 aliphatic heterocycles. The average Bonchev–Trinajstić information content (AvgIpc) is 2.37. The Kier molecular flexibility index (Phi) is 3.93. The Morgan fingerprint density at radius 1 is 1.50 bits per heavy atom. The molecule has 1 fully saturated rings. The smallest absolute Gasteiger partial charge is 0.252 e. The molecule has 2 N–H and O–H groups in total. The number of amides is 1. The topological polar surface area (TPSA) is 71.5 Å². The summed E-state index contributed by atoms with van der Waals surface area (Å²) in [7, 11) is 0. The van der Waals surface area contributed by atoms with Crippen molar-refractivity contribution in [1.29, 1.82) is 0 Å². The highest BCUT2D eigenvalue weighted by atomic mass is 16.5. The lowest BCUT2D eigenvalue weighted by Crippen LogP contribution is -2.46. The monoisotopic (exact) mass is 250 g/mol. The number of hydrogen-bond acceptors (Lipinski definition) is 4. The van der Waals surface area contributed by atoms with Crippen molar-refractivity contribution in [3.63, 3.8) is 0 Å². The van der Waals surface area contributed by atoms with Crippen LogP contribution in [0.4, 0.5) is 0 Å². The Balaban J connectivity index is 1.92. The molecule has 1 aromatic rings. The normalized spacial score (nSPS) is 18.3. The zero-order valence-electron chi connectivity index (χ0n) is 10.5. The Bertz CT molecular complexity index is 428. The summed E-state index contributed by atoms with van der Waals surface area (Å²) in [5.74, 6) is -0.203. The summed E-state index contributed by atoms with van der Waals surface area (Å²) in [6, 6.07) is 1.77. The summed E-state index contributed by atoms with van der Waals surface area (Å²) in [6.45, 7) is 3.22. The van der Waals surface area contributed by atoms with Gasteiger partial charge in [-0.2, -0.15) is 0 Å². The molecule has 98 valence electrons. The van der Waals surface area contributed by atoms with Crippen molar-refractivity contribution in [2.75, 3.05) is 19.8 Å². The van der Waals surface area contributed by atoms with E-state index in [0.717, 1.165) is 5.56 Å². The van der Waals surface area contributed by atoms with Crippen molar-refractivity contribution in [2.45, 2.75) is 25.4 Å². The molecule has 0 saturated carbocycles. The van der Waals surface area contributed by atoms with E-state index >= 15 is 0 Å². The van der Waals surface area contributed by atoms with Crippen LogP contribution in [0.25, 0.3) is 0 Å². The lowest BCUT2D eigenvalue weighted by atomic mass is 9.94. The van der Waals surface area contributed by atoms with Crippen LogP contribution < -0.4 is 5.32 Å². The third-order valence-corrected chi connectivity index (χ3v) is 3.14. The number of nitrogens with one attached hydrogen (secondary N) is 1. The Hall–Kier alpha value is -1.46. The molecular weight excluding hydrogens is 232 g/mol. The van der Waals surface area contributed by atoms with Gasteiger partial charge in [0.2, 0.25) is 0 Å². The van der Waals surface area contributed by atoms with Crippen LogP contribution in [0.15, 0.2) is 18.5 Å². The predicted octanol–water partition coefficient (Wildman–Crippen LogP) is 0.661. The molecule has 2 rings (SSSR count). The fourth-order valence-electron chi connectivity index (χ4n) is 1.95. The molecule has 1 aliphatic rings. The first-order chi connectivity index (χ1) is 8.59. The maximum Gasteiger partial charge on any atom is 0.252 e. The van der Waals surface area contributed by atoms with E-state index in [1.807, 2.05) is 6.92 Å². The van der Waals surface area contributed by atoms with Crippen LogP contribution in [0, 0.1) is 6.92 Å². The van der Waals surface area contributed by atoms with Crippen molar-refractivity contribution in [1.82, 2.24) is 10.3 Å². The minimum Gasteiger partial charge on any atom is -0.388 e. The molecule has 0 atom stereocenters. The van der Waals surface area contributed by atoms with E-state index in [2.05, 4.69) is 10.3 Å². The van der Waals surface area contributed by atoms with Crippen molar-refractivity contribution in [2.24, 2.45) is 0 Å². The summed E-state index contributed by atoms with van der Waals surface area (Å²) in [6.07, 6.45) is 4.33. The average molecular weight is 250 g/mol. The van der Waals surface area contributed by atoms with Gasteiger partial charge < -0.3 is 15.2 Å². The number of carbonyl (C=O) groups is 1. The molecular formula is C13H18N2O3. The van der Waals surface area contributed by atoms with Crippen LogP contribution >= 0.6 is 0 Å². The number of aliphatic hydroxyl groups is 1. The van der Waals surface area contributed by atoms with E-state index in [1.165, 1.54) is 6.20 Å². The van der Waals surface area contributed by atoms with E-state index < -0.39 is 5.60 Å². The Labute approximate surface area is 106 Å². The maximum absolute atomic E-state index is 11.9. The number of ether oxygens (including phenoxy) is 1. The van der Waals surface area contributed by atoms with Gasteiger partial charge in [-0.1, -0.05) is 0 Å². The Morgan fingerprint density at radius 2 is 2.22 bits per heavy atom. The van der Waals surface area contributed by atoms with E-state index in [9.17, 15) is 9.90 Å². The molecule has 5 heteroatoms. The van der Waals surface area contributed by atoms with Gasteiger partial charge in [0, 0.05) is 45.0 Å².